The number of hydrogen-bond donors (Lipinski definition) is 1. The number of methoxy groups -OCH3 is 2. The molecule has 3 aromatic rings. The van der Waals surface area contributed by atoms with Crippen LogP contribution in [0.15, 0.2) is 54.6 Å². The molecular formula is C32H40N2O3S. The van der Waals surface area contributed by atoms with Gasteiger partial charge in [-0.3, -0.25) is 0 Å². The van der Waals surface area contributed by atoms with E-state index in [2.05, 4.69) is 92.5 Å². The molecule has 0 radical (unpaired) electrons. The molecule has 0 aliphatic carbocycles. The monoisotopic (exact) mass is 532 g/mol. The van der Waals surface area contributed by atoms with Crippen LogP contribution in [-0.2, 0) is 19.3 Å². The van der Waals surface area contributed by atoms with Gasteiger partial charge in [-0.15, -0.1) is 0 Å². The van der Waals surface area contributed by atoms with Crippen LogP contribution in [0.4, 0.5) is 5.69 Å². The third-order valence-electron chi connectivity index (χ3n) is 7.45. The molecule has 1 N–H and O–H groups in total. The smallest absolute Gasteiger partial charge is 0.174 e. The zero-order chi connectivity index (χ0) is 27.2. The van der Waals surface area contributed by atoms with Crippen LogP contribution in [0.2, 0.25) is 0 Å². The Bertz CT molecular complexity index is 1230. The summed E-state index contributed by atoms with van der Waals surface area (Å²) >= 11 is 6.07. The molecule has 1 aliphatic heterocycles. The summed E-state index contributed by atoms with van der Waals surface area (Å²) in [6.07, 6.45) is 2.74. The molecular weight excluding hydrogens is 492 g/mol. The zero-order valence-electron chi connectivity index (χ0n) is 23.5. The van der Waals surface area contributed by atoms with E-state index in [-0.39, 0.29) is 6.04 Å². The van der Waals surface area contributed by atoms with E-state index < -0.39 is 0 Å². The second-order valence-corrected chi connectivity index (χ2v) is 10.4. The van der Waals surface area contributed by atoms with Crippen LogP contribution in [0.1, 0.15) is 67.5 Å². The van der Waals surface area contributed by atoms with Gasteiger partial charge in [0.15, 0.2) is 16.6 Å². The summed E-state index contributed by atoms with van der Waals surface area (Å²) in [5, 5.41) is 4.34. The molecule has 0 saturated carbocycles. The summed E-state index contributed by atoms with van der Waals surface area (Å²) in [6, 6.07) is 19.0. The highest BCUT2D eigenvalue weighted by molar-refractivity contribution is 7.80. The highest BCUT2D eigenvalue weighted by Crippen LogP contribution is 2.39. The lowest BCUT2D eigenvalue weighted by atomic mass is 9.92. The molecule has 1 heterocycles. The number of nitrogens with zero attached hydrogens (tertiary/aromatic N) is 1. The van der Waals surface area contributed by atoms with Gasteiger partial charge in [-0.2, -0.15) is 0 Å². The minimum Gasteiger partial charge on any atom is -0.493 e. The molecule has 1 unspecified atom stereocenters. The quantitative estimate of drug-likeness (QED) is 0.291. The fraction of sp³-hybridized carbons (Fsp3) is 0.406. The summed E-state index contributed by atoms with van der Waals surface area (Å²) < 4.78 is 17.6. The highest BCUT2D eigenvalue weighted by Gasteiger charge is 2.32. The van der Waals surface area contributed by atoms with Gasteiger partial charge < -0.3 is 24.4 Å². The predicted octanol–water partition coefficient (Wildman–Crippen LogP) is 7.33. The normalized spacial score (nSPS) is 14.7. The topological polar surface area (TPSA) is 43.0 Å². The number of fused-ring (bicyclic) bond motifs is 1. The Hall–Kier alpha value is -3.25. The largest absolute Gasteiger partial charge is 0.493 e. The molecule has 202 valence electrons. The first kappa shape index (κ1) is 27.8. The van der Waals surface area contributed by atoms with E-state index in [1.165, 1.54) is 22.3 Å². The van der Waals surface area contributed by atoms with E-state index >= 15 is 0 Å². The Morgan fingerprint density at radius 3 is 2.18 bits per heavy atom. The van der Waals surface area contributed by atoms with Crippen molar-refractivity contribution < 1.29 is 14.2 Å². The van der Waals surface area contributed by atoms with E-state index in [0.717, 1.165) is 48.6 Å². The number of para-hydroxylation sites is 1. The second kappa shape index (κ2) is 12.5. The van der Waals surface area contributed by atoms with Gasteiger partial charge in [-0.25, -0.2) is 0 Å². The van der Waals surface area contributed by atoms with E-state index in [1.54, 1.807) is 14.2 Å². The van der Waals surface area contributed by atoms with Crippen LogP contribution >= 0.6 is 12.2 Å². The maximum atomic E-state index is 6.39. The van der Waals surface area contributed by atoms with Gasteiger partial charge in [0.05, 0.1) is 20.3 Å². The molecule has 0 spiro atoms. The molecule has 1 aliphatic rings. The maximum Gasteiger partial charge on any atom is 0.174 e. The number of thiocarbonyl (C=S) groups is 1. The molecule has 4 rings (SSSR count). The van der Waals surface area contributed by atoms with Crippen LogP contribution < -0.4 is 19.5 Å². The Morgan fingerprint density at radius 1 is 0.974 bits per heavy atom. The lowest BCUT2D eigenvalue weighted by Gasteiger charge is -2.39. The Balaban J connectivity index is 1.66. The molecule has 0 bridgehead atoms. The third kappa shape index (κ3) is 5.91. The summed E-state index contributed by atoms with van der Waals surface area (Å²) in [7, 11) is 3.35. The van der Waals surface area contributed by atoms with Crippen molar-refractivity contribution >= 4 is 23.0 Å². The minimum atomic E-state index is -0.0813. The molecule has 0 aromatic heterocycles. The van der Waals surface area contributed by atoms with Crippen molar-refractivity contribution in [1.82, 2.24) is 4.90 Å². The number of rotatable bonds is 9. The van der Waals surface area contributed by atoms with Crippen LogP contribution in [0, 0.1) is 0 Å². The van der Waals surface area contributed by atoms with E-state index in [0.29, 0.717) is 23.4 Å². The first-order valence-electron chi connectivity index (χ1n) is 13.6. The average Bonchev–Trinajstić information content (AvgIpc) is 2.95. The number of hydrogen-bond acceptors (Lipinski definition) is 4. The van der Waals surface area contributed by atoms with Crippen LogP contribution in [0.5, 0.6) is 17.2 Å². The predicted molar refractivity (Wildman–Crippen MR) is 160 cm³/mol. The number of nitrogens with one attached hydrogen (secondary N) is 1. The van der Waals surface area contributed by atoms with E-state index in [9.17, 15) is 0 Å². The first-order chi connectivity index (χ1) is 18.4. The highest BCUT2D eigenvalue weighted by atomic mass is 32.1. The van der Waals surface area contributed by atoms with Crippen molar-refractivity contribution in [3.63, 3.8) is 0 Å². The Labute approximate surface area is 233 Å². The molecule has 0 fully saturated rings. The zero-order valence-corrected chi connectivity index (χ0v) is 24.3. The lowest BCUT2D eigenvalue weighted by Crippen LogP contribution is -2.44. The van der Waals surface area contributed by atoms with Gasteiger partial charge >= 0.3 is 0 Å². The first-order valence-corrected chi connectivity index (χ1v) is 14.0. The van der Waals surface area contributed by atoms with Crippen molar-refractivity contribution in [2.45, 2.75) is 58.9 Å². The fourth-order valence-electron chi connectivity index (χ4n) is 5.16. The SMILES string of the molecule is CCc1cccc(CC)c1NC(=S)N1CCc2cc(OC)c(OC)cc2C1COc1ccc(C(C)C)cc1. The van der Waals surface area contributed by atoms with Gasteiger partial charge in [0.1, 0.15) is 12.4 Å². The summed E-state index contributed by atoms with van der Waals surface area (Å²) in [5.41, 5.74) is 7.35. The summed E-state index contributed by atoms with van der Waals surface area (Å²) in [5.74, 6) is 2.79. The average molecular weight is 533 g/mol. The van der Waals surface area contributed by atoms with Gasteiger partial charge in [-0.05, 0) is 89.5 Å². The molecule has 0 saturated heterocycles. The standard InChI is InChI=1S/C32H40N2O3S/c1-7-22-10-9-11-23(8-2)31(22)33-32(38)34-17-16-25-18-29(35-5)30(36-6)19-27(25)28(34)20-37-26-14-12-24(13-15-26)21(3)4/h9-15,18-19,21,28H,7-8,16-17,20H2,1-6H3,(H,33,38). The number of anilines is 1. The molecule has 6 heteroatoms. The summed E-state index contributed by atoms with van der Waals surface area (Å²) in [6.45, 7) is 10.00. The van der Waals surface area contributed by atoms with Crippen molar-refractivity contribution in [2.75, 3.05) is 32.7 Å². The Morgan fingerprint density at radius 2 is 1.61 bits per heavy atom. The third-order valence-corrected chi connectivity index (χ3v) is 7.79. The molecule has 1 atom stereocenters. The fourth-order valence-corrected chi connectivity index (χ4v) is 5.48. The minimum absolute atomic E-state index is 0.0813. The molecule has 0 amide bonds. The number of benzene rings is 3. The molecule has 5 nitrogen and oxygen atoms in total. The second-order valence-electron chi connectivity index (χ2n) is 9.99. The van der Waals surface area contributed by atoms with Crippen molar-refractivity contribution in [1.29, 1.82) is 0 Å². The lowest BCUT2D eigenvalue weighted by molar-refractivity contribution is 0.190. The van der Waals surface area contributed by atoms with Crippen LogP contribution in [0.25, 0.3) is 0 Å². The van der Waals surface area contributed by atoms with Gasteiger partial charge in [0, 0.05) is 12.2 Å². The van der Waals surface area contributed by atoms with Gasteiger partial charge in [-0.1, -0.05) is 58.0 Å². The van der Waals surface area contributed by atoms with E-state index in [4.69, 9.17) is 26.4 Å². The van der Waals surface area contributed by atoms with Crippen molar-refractivity contribution in [3.8, 4) is 17.2 Å². The number of ether oxygens (including phenoxy) is 3. The number of aryl methyl sites for hydroxylation is 2. The summed E-state index contributed by atoms with van der Waals surface area (Å²) in [4.78, 5) is 2.26. The Kier molecular flexibility index (Phi) is 9.16. The van der Waals surface area contributed by atoms with Gasteiger partial charge in [0.2, 0.25) is 0 Å². The molecule has 38 heavy (non-hydrogen) atoms. The maximum absolute atomic E-state index is 6.39. The molecule has 3 aromatic carbocycles. The van der Waals surface area contributed by atoms with Crippen LogP contribution in [0.3, 0.4) is 0 Å². The van der Waals surface area contributed by atoms with Crippen molar-refractivity contribution in [2.24, 2.45) is 0 Å². The van der Waals surface area contributed by atoms with E-state index in [1.807, 2.05) is 0 Å². The van der Waals surface area contributed by atoms with Crippen molar-refractivity contribution in [3.05, 3.63) is 82.4 Å². The van der Waals surface area contributed by atoms with Crippen LogP contribution in [-0.4, -0.2) is 37.4 Å². The van der Waals surface area contributed by atoms with Gasteiger partial charge in [0.25, 0.3) is 0 Å².